The van der Waals surface area contributed by atoms with E-state index in [0.717, 1.165) is 4.90 Å². The van der Waals surface area contributed by atoms with Crippen molar-refractivity contribution in [2.45, 2.75) is 17.7 Å². The molecule has 0 spiro atoms. The molecule has 1 N–H and O–H groups in total. The molecule has 1 saturated heterocycles. The highest BCUT2D eigenvalue weighted by atomic mass is 35.5. The van der Waals surface area contributed by atoms with Crippen molar-refractivity contribution in [2.75, 3.05) is 12.3 Å². The number of aromatic carboxylic acids is 1. The van der Waals surface area contributed by atoms with Gasteiger partial charge in [0.05, 0.1) is 10.6 Å². The maximum absolute atomic E-state index is 11.4. The van der Waals surface area contributed by atoms with Crippen molar-refractivity contribution in [3.63, 3.8) is 0 Å². The van der Waals surface area contributed by atoms with Gasteiger partial charge in [-0.3, -0.25) is 14.5 Å². The van der Waals surface area contributed by atoms with E-state index in [4.69, 9.17) is 16.7 Å². The van der Waals surface area contributed by atoms with E-state index < -0.39 is 5.97 Å². The Bertz CT molecular complexity index is 559. The summed E-state index contributed by atoms with van der Waals surface area (Å²) in [6.45, 7) is 0.341. The van der Waals surface area contributed by atoms with Crippen molar-refractivity contribution in [2.24, 2.45) is 0 Å². The summed E-state index contributed by atoms with van der Waals surface area (Å²) < 4.78 is 0. The Kier molecular flexibility index (Phi) is 4.67. The average molecular weight is 314 g/mol. The molecule has 0 atom stereocenters. The minimum Gasteiger partial charge on any atom is -0.478 e. The minimum absolute atomic E-state index is 0.0463. The third-order valence-corrected chi connectivity index (χ3v) is 4.21. The van der Waals surface area contributed by atoms with Crippen molar-refractivity contribution in [3.05, 3.63) is 28.8 Å². The molecule has 5 nitrogen and oxygen atoms in total. The second kappa shape index (κ2) is 6.28. The Hall–Kier alpha value is -1.53. The smallest absolute Gasteiger partial charge is 0.337 e. The molecule has 20 heavy (non-hydrogen) atoms. The summed E-state index contributed by atoms with van der Waals surface area (Å²) in [7, 11) is 0. The number of hydrogen-bond donors (Lipinski definition) is 1. The van der Waals surface area contributed by atoms with Gasteiger partial charge >= 0.3 is 5.97 Å². The molecule has 7 heteroatoms. The first kappa shape index (κ1) is 14.9. The fourth-order valence-electron chi connectivity index (χ4n) is 1.89. The molecular weight excluding hydrogens is 302 g/mol. The third kappa shape index (κ3) is 3.32. The van der Waals surface area contributed by atoms with E-state index >= 15 is 0 Å². The zero-order valence-electron chi connectivity index (χ0n) is 10.5. The first-order valence-corrected chi connectivity index (χ1v) is 7.34. The monoisotopic (exact) mass is 313 g/mol. The molecule has 1 aromatic carbocycles. The van der Waals surface area contributed by atoms with E-state index in [1.807, 2.05) is 0 Å². The normalized spacial score (nSPS) is 14.9. The summed E-state index contributed by atoms with van der Waals surface area (Å²) in [5.74, 6) is -0.837. The summed E-state index contributed by atoms with van der Waals surface area (Å²) in [5.41, 5.74) is 0.0463. The topological polar surface area (TPSA) is 74.7 Å². The number of amides is 2. The van der Waals surface area contributed by atoms with E-state index in [2.05, 4.69) is 0 Å². The van der Waals surface area contributed by atoms with E-state index in [1.165, 1.54) is 28.8 Å². The van der Waals surface area contributed by atoms with Crippen LogP contribution in [0.2, 0.25) is 5.02 Å². The number of hydrogen-bond acceptors (Lipinski definition) is 4. The molecule has 0 bridgehead atoms. The summed E-state index contributed by atoms with van der Waals surface area (Å²) >= 11 is 7.16. The largest absolute Gasteiger partial charge is 0.478 e. The molecule has 1 aliphatic rings. The SMILES string of the molecule is O=C(O)c1cc(SCCN2C(=O)CCC2=O)ccc1Cl. The Labute approximate surface area is 124 Å². The number of likely N-dealkylation sites (tertiary alicyclic amines) is 1. The van der Waals surface area contributed by atoms with Gasteiger partial charge < -0.3 is 5.11 Å². The molecule has 0 aliphatic carbocycles. The van der Waals surface area contributed by atoms with Crippen LogP contribution in [-0.2, 0) is 9.59 Å². The van der Waals surface area contributed by atoms with Gasteiger partial charge in [-0.15, -0.1) is 11.8 Å². The highest BCUT2D eigenvalue weighted by molar-refractivity contribution is 7.99. The summed E-state index contributed by atoms with van der Waals surface area (Å²) in [6.07, 6.45) is 0.571. The highest BCUT2D eigenvalue weighted by Gasteiger charge is 2.28. The molecule has 1 aromatic rings. The zero-order valence-corrected chi connectivity index (χ0v) is 12.0. The number of benzene rings is 1. The van der Waals surface area contributed by atoms with Gasteiger partial charge in [-0.2, -0.15) is 0 Å². The molecule has 2 amide bonds. The molecule has 2 rings (SSSR count). The Morgan fingerprint density at radius 3 is 2.55 bits per heavy atom. The van der Waals surface area contributed by atoms with E-state index in [0.29, 0.717) is 12.3 Å². The van der Waals surface area contributed by atoms with Crippen molar-refractivity contribution >= 4 is 41.1 Å². The maximum atomic E-state index is 11.4. The second-order valence-corrected chi connectivity index (χ2v) is 5.81. The van der Waals surface area contributed by atoms with Crippen LogP contribution in [0, 0.1) is 0 Å². The van der Waals surface area contributed by atoms with Crippen molar-refractivity contribution in [3.8, 4) is 0 Å². The Morgan fingerprint density at radius 2 is 1.95 bits per heavy atom. The number of carbonyl (C=O) groups excluding carboxylic acids is 2. The summed E-state index contributed by atoms with van der Waals surface area (Å²) in [4.78, 5) is 35.8. The van der Waals surface area contributed by atoms with Gasteiger partial charge in [0, 0.05) is 30.0 Å². The lowest BCUT2D eigenvalue weighted by molar-refractivity contribution is -0.137. The molecule has 0 saturated carbocycles. The van der Waals surface area contributed by atoms with E-state index in [-0.39, 0.29) is 35.2 Å². The maximum Gasteiger partial charge on any atom is 0.337 e. The van der Waals surface area contributed by atoms with Crippen molar-refractivity contribution in [1.82, 2.24) is 4.90 Å². The van der Waals surface area contributed by atoms with Gasteiger partial charge in [-0.1, -0.05) is 11.6 Å². The van der Waals surface area contributed by atoms with Crippen LogP contribution in [0.3, 0.4) is 0 Å². The number of carbonyl (C=O) groups is 3. The van der Waals surface area contributed by atoms with Crippen LogP contribution in [-0.4, -0.2) is 40.1 Å². The summed E-state index contributed by atoms with van der Waals surface area (Å²) in [6, 6.07) is 4.73. The Morgan fingerprint density at radius 1 is 1.30 bits per heavy atom. The van der Waals surface area contributed by atoms with E-state index in [1.54, 1.807) is 6.07 Å². The van der Waals surface area contributed by atoms with Gasteiger partial charge in [0.1, 0.15) is 0 Å². The lowest BCUT2D eigenvalue weighted by atomic mass is 10.2. The standard InChI is InChI=1S/C13H12ClNO4S/c14-10-2-1-8(7-9(10)13(18)19)20-6-5-15-11(16)3-4-12(15)17/h1-2,7H,3-6H2,(H,18,19). The lowest BCUT2D eigenvalue weighted by Crippen LogP contribution is -2.31. The third-order valence-electron chi connectivity index (χ3n) is 2.91. The van der Waals surface area contributed by atoms with Crippen LogP contribution >= 0.6 is 23.4 Å². The zero-order chi connectivity index (χ0) is 14.7. The number of halogens is 1. The molecule has 0 radical (unpaired) electrons. The molecule has 0 aromatic heterocycles. The van der Waals surface area contributed by atoms with E-state index in [9.17, 15) is 14.4 Å². The average Bonchev–Trinajstić information content (AvgIpc) is 2.72. The van der Waals surface area contributed by atoms with Gasteiger partial charge in [0.2, 0.25) is 11.8 Å². The number of carboxylic acids is 1. The molecule has 1 heterocycles. The number of nitrogens with zero attached hydrogens (tertiary/aromatic N) is 1. The quantitative estimate of drug-likeness (QED) is 0.667. The first-order chi connectivity index (χ1) is 9.49. The van der Waals surface area contributed by atoms with Gasteiger partial charge in [0.25, 0.3) is 0 Å². The number of imide groups is 1. The van der Waals surface area contributed by atoms with Crippen LogP contribution < -0.4 is 0 Å². The summed E-state index contributed by atoms with van der Waals surface area (Å²) in [5, 5.41) is 9.15. The number of rotatable bonds is 5. The van der Waals surface area contributed by atoms with Gasteiger partial charge in [0.15, 0.2) is 0 Å². The predicted molar refractivity (Wildman–Crippen MR) is 75.1 cm³/mol. The van der Waals surface area contributed by atoms with Gasteiger partial charge in [-0.05, 0) is 18.2 Å². The van der Waals surface area contributed by atoms with Crippen LogP contribution in [0.4, 0.5) is 0 Å². The van der Waals surface area contributed by atoms with Crippen LogP contribution in [0.15, 0.2) is 23.1 Å². The molecule has 1 fully saturated rings. The minimum atomic E-state index is -1.08. The van der Waals surface area contributed by atoms with Crippen molar-refractivity contribution in [1.29, 1.82) is 0 Å². The van der Waals surface area contributed by atoms with Crippen LogP contribution in [0.5, 0.6) is 0 Å². The molecular formula is C13H12ClNO4S. The molecule has 106 valence electrons. The van der Waals surface area contributed by atoms with Crippen LogP contribution in [0.25, 0.3) is 0 Å². The molecule has 0 unspecified atom stereocenters. The fraction of sp³-hybridized carbons (Fsp3) is 0.308. The predicted octanol–water partition coefficient (Wildman–Crippen LogP) is 2.28. The fourth-order valence-corrected chi connectivity index (χ4v) is 2.96. The number of carboxylic acid groups (broad SMARTS) is 1. The first-order valence-electron chi connectivity index (χ1n) is 5.98. The lowest BCUT2D eigenvalue weighted by Gasteiger charge is -2.13. The molecule has 1 aliphatic heterocycles. The Balaban J connectivity index is 1.94. The number of thioether (sulfide) groups is 1. The highest BCUT2D eigenvalue weighted by Crippen LogP contribution is 2.25. The second-order valence-electron chi connectivity index (χ2n) is 4.23. The van der Waals surface area contributed by atoms with Gasteiger partial charge in [-0.25, -0.2) is 4.79 Å². The van der Waals surface area contributed by atoms with Crippen LogP contribution in [0.1, 0.15) is 23.2 Å². The van der Waals surface area contributed by atoms with Crippen molar-refractivity contribution < 1.29 is 19.5 Å².